The molecular formula is C14H19ClN4. The molecule has 4 nitrogen and oxygen atoms in total. The second kappa shape index (κ2) is 6.17. The highest BCUT2D eigenvalue weighted by Gasteiger charge is 2.22. The predicted octanol–water partition coefficient (Wildman–Crippen LogP) is 3.21. The van der Waals surface area contributed by atoms with E-state index in [1.165, 1.54) is 0 Å². The van der Waals surface area contributed by atoms with Crippen LogP contribution in [-0.2, 0) is 0 Å². The highest BCUT2D eigenvalue weighted by atomic mass is 35.5. The summed E-state index contributed by atoms with van der Waals surface area (Å²) in [6.45, 7) is 7.13. The highest BCUT2D eigenvalue weighted by molar-refractivity contribution is 6.31. The van der Waals surface area contributed by atoms with Crippen LogP contribution in [-0.4, -0.2) is 21.3 Å². The van der Waals surface area contributed by atoms with Gasteiger partial charge in [-0.15, -0.1) is 0 Å². The molecule has 1 atom stereocenters. The molecule has 0 aliphatic carbocycles. The summed E-state index contributed by atoms with van der Waals surface area (Å²) < 4.78 is 1.97. The fourth-order valence-electron chi connectivity index (χ4n) is 2.16. The maximum Gasteiger partial charge on any atom is 0.0837 e. The summed E-state index contributed by atoms with van der Waals surface area (Å²) in [4.78, 5) is 4.07. The molecule has 0 saturated heterocycles. The average Bonchev–Trinajstić information content (AvgIpc) is 2.79. The molecule has 0 aromatic carbocycles. The van der Waals surface area contributed by atoms with Gasteiger partial charge in [0.05, 0.1) is 23.0 Å². The van der Waals surface area contributed by atoms with Gasteiger partial charge in [-0.25, -0.2) is 0 Å². The van der Waals surface area contributed by atoms with Gasteiger partial charge in [0.25, 0.3) is 0 Å². The van der Waals surface area contributed by atoms with Gasteiger partial charge in [0, 0.05) is 18.4 Å². The van der Waals surface area contributed by atoms with Crippen LogP contribution in [0.2, 0.25) is 5.02 Å². The van der Waals surface area contributed by atoms with E-state index >= 15 is 0 Å². The first-order valence-corrected chi connectivity index (χ1v) is 6.89. The Kier molecular flexibility index (Phi) is 4.56. The van der Waals surface area contributed by atoms with E-state index in [0.29, 0.717) is 5.02 Å². The molecule has 1 unspecified atom stereocenters. The minimum absolute atomic E-state index is 0.0328. The van der Waals surface area contributed by atoms with Gasteiger partial charge < -0.3 is 5.32 Å². The van der Waals surface area contributed by atoms with E-state index in [-0.39, 0.29) is 12.1 Å². The molecule has 102 valence electrons. The van der Waals surface area contributed by atoms with Gasteiger partial charge >= 0.3 is 0 Å². The normalized spacial score (nSPS) is 12.9. The van der Waals surface area contributed by atoms with Crippen molar-refractivity contribution < 1.29 is 0 Å². The van der Waals surface area contributed by atoms with E-state index < -0.39 is 0 Å². The molecule has 0 spiro atoms. The van der Waals surface area contributed by atoms with Crippen LogP contribution < -0.4 is 5.32 Å². The summed E-state index contributed by atoms with van der Waals surface area (Å²) in [6.07, 6.45) is 5.30. The van der Waals surface area contributed by atoms with Crippen LogP contribution in [0.1, 0.15) is 44.1 Å². The van der Waals surface area contributed by atoms with Crippen LogP contribution in [0.15, 0.2) is 30.7 Å². The lowest BCUT2D eigenvalue weighted by Crippen LogP contribution is -2.25. The molecule has 0 amide bonds. The summed E-state index contributed by atoms with van der Waals surface area (Å²) in [5.74, 6) is 0. The predicted molar refractivity (Wildman–Crippen MR) is 77.4 cm³/mol. The van der Waals surface area contributed by atoms with Gasteiger partial charge in [0.1, 0.15) is 0 Å². The van der Waals surface area contributed by atoms with Crippen molar-refractivity contribution in [3.63, 3.8) is 0 Å². The molecule has 0 aliphatic heterocycles. The lowest BCUT2D eigenvalue weighted by atomic mass is 10.0. The van der Waals surface area contributed by atoms with Crippen LogP contribution in [0.4, 0.5) is 0 Å². The molecule has 0 fully saturated rings. The Morgan fingerprint density at radius 2 is 2.00 bits per heavy atom. The monoisotopic (exact) mass is 278 g/mol. The van der Waals surface area contributed by atoms with E-state index in [9.17, 15) is 0 Å². The number of nitrogens with one attached hydrogen (secondary N) is 1. The number of rotatable bonds is 5. The van der Waals surface area contributed by atoms with Gasteiger partial charge in [0.15, 0.2) is 0 Å². The number of aromatic nitrogens is 3. The fourth-order valence-corrected chi connectivity index (χ4v) is 2.40. The Morgan fingerprint density at radius 1 is 1.32 bits per heavy atom. The second-order valence-electron chi connectivity index (χ2n) is 4.69. The Morgan fingerprint density at radius 3 is 2.58 bits per heavy atom. The van der Waals surface area contributed by atoms with Crippen molar-refractivity contribution in [3.05, 3.63) is 47.0 Å². The molecule has 19 heavy (non-hydrogen) atoms. The summed E-state index contributed by atoms with van der Waals surface area (Å²) in [6, 6.07) is 4.30. The number of hydrogen-bond acceptors (Lipinski definition) is 3. The Balaban J connectivity index is 2.48. The summed E-state index contributed by atoms with van der Waals surface area (Å²) in [5.41, 5.74) is 2.14. The first-order chi connectivity index (χ1) is 9.15. The molecule has 2 heterocycles. The van der Waals surface area contributed by atoms with E-state index in [0.717, 1.165) is 17.8 Å². The van der Waals surface area contributed by atoms with Crippen molar-refractivity contribution >= 4 is 11.6 Å². The van der Waals surface area contributed by atoms with Crippen molar-refractivity contribution in [2.45, 2.75) is 32.9 Å². The Hall–Kier alpha value is -1.39. The van der Waals surface area contributed by atoms with Crippen molar-refractivity contribution in [1.82, 2.24) is 20.1 Å². The van der Waals surface area contributed by atoms with E-state index in [2.05, 4.69) is 36.2 Å². The molecule has 2 aromatic rings. The molecule has 0 aliphatic rings. The SMILES string of the molecule is CCNC(c1ccncc1)c1c(Cl)cnn1C(C)C. The van der Waals surface area contributed by atoms with Crippen LogP contribution in [0.3, 0.4) is 0 Å². The van der Waals surface area contributed by atoms with Crippen LogP contribution in [0.5, 0.6) is 0 Å². The molecule has 0 saturated carbocycles. The highest BCUT2D eigenvalue weighted by Crippen LogP contribution is 2.29. The number of halogens is 1. The topological polar surface area (TPSA) is 42.7 Å². The number of nitrogens with zero attached hydrogens (tertiary/aromatic N) is 3. The maximum atomic E-state index is 6.33. The molecule has 0 radical (unpaired) electrons. The third-order valence-corrected chi connectivity index (χ3v) is 3.29. The quantitative estimate of drug-likeness (QED) is 0.913. The lowest BCUT2D eigenvalue weighted by Gasteiger charge is -2.22. The molecule has 0 bridgehead atoms. The van der Waals surface area contributed by atoms with Crippen LogP contribution in [0, 0.1) is 0 Å². The van der Waals surface area contributed by atoms with Crippen molar-refractivity contribution in [2.24, 2.45) is 0 Å². The summed E-state index contributed by atoms with van der Waals surface area (Å²) in [5, 5.41) is 8.53. The lowest BCUT2D eigenvalue weighted by molar-refractivity contribution is 0.476. The van der Waals surface area contributed by atoms with Crippen molar-refractivity contribution in [3.8, 4) is 0 Å². The number of hydrogen-bond donors (Lipinski definition) is 1. The minimum Gasteiger partial charge on any atom is -0.305 e. The average molecular weight is 279 g/mol. The van der Waals surface area contributed by atoms with E-state index in [1.54, 1.807) is 18.6 Å². The number of pyridine rings is 1. The third kappa shape index (κ3) is 2.96. The third-order valence-electron chi connectivity index (χ3n) is 3.00. The van der Waals surface area contributed by atoms with Crippen molar-refractivity contribution in [1.29, 1.82) is 0 Å². The zero-order valence-corrected chi connectivity index (χ0v) is 12.2. The zero-order valence-electron chi connectivity index (χ0n) is 11.5. The van der Waals surface area contributed by atoms with Crippen LogP contribution >= 0.6 is 11.6 Å². The smallest absolute Gasteiger partial charge is 0.0837 e. The van der Waals surface area contributed by atoms with Gasteiger partial charge in [-0.1, -0.05) is 18.5 Å². The standard InChI is InChI=1S/C14H19ClN4/c1-4-17-13(11-5-7-16-8-6-11)14-12(15)9-18-19(14)10(2)3/h5-10,13,17H,4H2,1-3H3. The van der Waals surface area contributed by atoms with Gasteiger partial charge in [-0.3, -0.25) is 9.67 Å². The zero-order chi connectivity index (χ0) is 13.8. The van der Waals surface area contributed by atoms with Crippen LogP contribution in [0.25, 0.3) is 0 Å². The molecule has 2 rings (SSSR count). The van der Waals surface area contributed by atoms with Gasteiger partial charge in [-0.2, -0.15) is 5.10 Å². The first kappa shape index (κ1) is 14.0. The summed E-state index contributed by atoms with van der Waals surface area (Å²) in [7, 11) is 0. The first-order valence-electron chi connectivity index (χ1n) is 6.51. The molecular weight excluding hydrogens is 260 g/mol. The molecule has 2 aromatic heterocycles. The molecule has 1 N–H and O–H groups in total. The van der Waals surface area contributed by atoms with E-state index in [1.807, 2.05) is 16.8 Å². The largest absolute Gasteiger partial charge is 0.305 e. The fraction of sp³-hybridized carbons (Fsp3) is 0.429. The summed E-state index contributed by atoms with van der Waals surface area (Å²) >= 11 is 6.33. The van der Waals surface area contributed by atoms with E-state index in [4.69, 9.17) is 11.6 Å². The second-order valence-corrected chi connectivity index (χ2v) is 5.09. The van der Waals surface area contributed by atoms with Crippen molar-refractivity contribution in [2.75, 3.05) is 6.54 Å². The molecule has 5 heteroatoms. The maximum absolute atomic E-state index is 6.33. The van der Waals surface area contributed by atoms with Gasteiger partial charge in [0.2, 0.25) is 0 Å². The Bertz CT molecular complexity index is 521. The van der Waals surface area contributed by atoms with Gasteiger partial charge in [-0.05, 0) is 38.1 Å². The minimum atomic E-state index is 0.0328. The Labute approximate surface area is 118 Å².